The van der Waals surface area contributed by atoms with Gasteiger partial charge in [-0.05, 0) is 91.6 Å². The number of ether oxygens (including phenoxy) is 6. The van der Waals surface area contributed by atoms with E-state index in [9.17, 15) is 75.3 Å². The predicted molar refractivity (Wildman–Crippen MR) is 261 cm³/mol. The maximum absolute atomic E-state index is 14.8. The van der Waals surface area contributed by atoms with E-state index in [2.05, 4.69) is 24.1 Å². The number of hydrogen-bond donors (Lipinski definition) is 13. The van der Waals surface area contributed by atoms with Crippen molar-refractivity contribution in [2.45, 2.75) is 195 Å². The van der Waals surface area contributed by atoms with Gasteiger partial charge in [0, 0.05) is 11.3 Å². The molecule has 4 aliphatic carbocycles. The van der Waals surface area contributed by atoms with E-state index >= 15 is 0 Å². The zero-order valence-corrected chi connectivity index (χ0v) is 43.2. The number of carbonyl (C=O) groups is 4. The van der Waals surface area contributed by atoms with Crippen LogP contribution in [0.25, 0.3) is 0 Å². The summed E-state index contributed by atoms with van der Waals surface area (Å²) in [6.07, 6.45) is -18.8. The second kappa shape index (κ2) is 23.2. The fraction of sp³-hybridized carbons (Fsp3) is 0.774. The SMILES string of the molecule is C=C1C[C@@]23CC[C@H]4[C@@](C)(CCC[C@@]4(C)C(=O)N[C@@H](CC(=O)O)C(=O)NC(Cc4ccccc4)C(=O)CO)[C@@H]2CC[C@]1(O[C@@H]1O[C@H](CO)[C@@H](O)[C@H](O[C@@H]2O[C@H](CO)[C@@H](C)[C@H](O)[C@H]2O)[C@H]1O[C@@H]1O[C@H](CO)[C@@H](O)[C@H](O)[C@H]1O)C3. The van der Waals surface area contributed by atoms with Crippen molar-refractivity contribution in [3.63, 3.8) is 0 Å². The molecular weight excluding hydrogens is 1000 g/mol. The minimum absolute atomic E-state index is 0.00161. The number of aliphatic hydroxyl groups excluding tert-OH is 10. The highest BCUT2D eigenvalue weighted by molar-refractivity contribution is 5.96. The van der Waals surface area contributed by atoms with Gasteiger partial charge < -0.3 is 95.2 Å². The lowest BCUT2D eigenvalue weighted by Gasteiger charge is -2.64. The van der Waals surface area contributed by atoms with Gasteiger partial charge in [0.25, 0.3) is 0 Å². The summed E-state index contributed by atoms with van der Waals surface area (Å²) in [5.74, 6) is -4.37. The number of rotatable bonds is 19. The Morgan fingerprint density at radius 2 is 1.32 bits per heavy atom. The number of carboxylic acids is 1. The van der Waals surface area contributed by atoms with Crippen molar-refractivity contribution >= 4 is 23.6 Å². The summed E-state index contributed by atoms with van der Waals surface area (Å²) in [6.45, 7) is 7.11. The van der Waals surface area contributed by atoms with Crippen LogP contribution in [-0.4, -0.2) is 210 Å². The number of fused-ring (bicyclic) bond motifs is 3. The summed E-state index contributed by atoms with van der Waals surface area (Å²) in [6, 6.07) is 6.06. The molecule has 0 aromatic heterocycles. The average molecular weight is 1080 g/mol. The van der Waals surface area contributed by atoms with Gasteiger partial charge in [0.2, 0.25) is 11.8 Å². The molecule has 76 heavy (non-hydrogen) atoms. The van der Waals surface area contributed by atoms with Gasteiger partial charge >= 0.3 is 5.97 Å². The number of Topliss-reactive ketones (excluding diaryl/α,β-unsaturated/α-hetero) is 1. The van der Waals surface area contributed by atoms with Crippen molar-refractivity contribution in [2.24, 2.45) is 34.0 Å². The molecule has 3 aliphatic heterocycles. The first kappa shape index (κ1) is 58.5. The lowest BCUT2D eigenvalue weighted by Crippen LogP contribution is -2.67. The average Bonchev–Trinajstić information content (AvgIpc) is 3.75. The molecule has 23 atom stereocenters. The molecule has 7 aliphatic rings. The fourth-order valence-corrected chi connectivity index (χ4v) is 14.5. The Morgan fingerprint density at radius 1 is 0.711 bits per heavy atom. The normalized spacial score (nSPS) is 44.0. The maximum atomic E-state index is 14.8. The van der Waals surface area contributed by atoms with Gasteiger partial charge in [0.1, 0.15) is 67.6 Å². The molecule has 426 valence electrons. The Morgan fingerprint density at radius 3 is 1.96 bits per heavy atom. The molecule has 2 amide bonds. The van der Waals surface area contributed by atoms with E-state index in [0.29, 0.717) is 62.5 Å². The molecule has 1 unspecified atom stereocenters. The predicted octanol–water partition coefficient (Wildman–Crippen LogP) is -1.93. The van der Waals surface area contributed by atoms with Crippen LogP contribution in [-0.2, 0) is 54.0 Å². The standard InChI is InChI=1S/C53H78N2O21/c1-25-19-52-15-11-34-50(3,13-8-14-51(34,4)49(70)55-29(18-36(61)62)45(69)54-28(30(60)20-56)17-27-9-6-5-7-10-27)35(52)12-16-53(25,24-52)76-48-44(75-47-42(68)40(66)38(64)32(22-58)72-47)43(39(65)33(23-59)73-48)74-46-41(67)37(63)26(2)31(21-57)71-46/h5-7,9-10,26,28-29,31-35,37-44,46-48,56-59,63-68H,1,8,11-24H2,2-4H3,(H,54,69)(H,55,70)(H,61,62)/t26-,28?,29+,31-,32-,33-,34+,35+,37+,38-,39-,40+,41-,42-,43+,44-,46+,47+,48+,50-,51-,52-,53+/m1/s1. The molecule has 1 spiro atoms. The monoisotopic (exact) mass is 1080 g/mol. The zero-order chi connectivity index (χ0) is 55.2. The van der Waals surface area contributed by atoms with Crippen LogP contribution >= 0.6 is 0 Å². The van der Waals surface area contributed by atoms with E-state index in [0.717, 1.165) is 6.42 Å². The maximum Gasteiger partial charge on any atom is 0.305 e. The minimum Gasteiger partial charge on any atom is -0.481 e. The Bertz CT molecular complexity index is 2240. The molecule has 7 fully saturated rings. The van der Waals surface area contributed by atoms with E-state index in [-0.39, 0.29) is 18.3 Å². The Kier molecular flexibility index (Phi) is 17.9. The first-order chi connectivity index (χ1) is 36.0. The summed E-state index contributed by atoms with van der Waals surface area (Å²) in [4.78, 5) is 53.7. The van der Waals surface area contributed by atoms with Crippen molar-refractivity contribution in [1.82, 2.24) is 10.6 Å². The van der Waals surface area contributed by atoms with E-state index in [1.165, 1.54) is 0 Å². The lowest BCUT2D eigenvalue weighted by molar-refractivity contribution is -0.398. The van der Waals surface area contributed by atoms with Crippen LogP contribution in [0.5, 0.6) is 0 Å². The summed E-state index contributed by atoms with van der Waals surface area (Å²) in [7, 11) is 0. The van der Waals surface area contributed by atoms with Crippen molar-refractivity contribution in [3.8, 4) is 0 Å². The quantitative estimate of drug-likeness (QED) is 0.0530. The van der Waals surface area contributed by atoms with Crippen molar-refractivity contribution < 1.29 is 104 Å². The Balaban J connectivity index is 1.04. The van der Waals surface area contributed by atoms with Crippen LogP contribution in [0.1, 0.15) is 90.5 Å². The minimum atomic E-state index is -1.94. The Hall–Kier alpha value is -3.60. The second-order valence-corrected chi connectivity index (χ2v) is 23.1. The molecule has 3 saturated heterocycles. The molecule has 2 bridgehead atoms. The number of hydrogen-bond acceptors (Lipinski definition) is 20. The molecule has 23 heteroatoms. The van der Waals surface area contributed by atoms with E-state index < -0.39 is 182 Å². The van der Waals surface area contributed by atoms with Gasteiger partial charge in [-0.2, -0.15) is 0 Å². The van der Waals surface area contributed by atoms with E-state index in [1.807, 2.05) is 6.92 Å². The van der Waals surface area contributed by atoms with Crippen LogP contribution in [0.2, 0.25) is 0 Å². The first-order valence-corrected chi connectivity index (χ1v) is 26.5. The van der Waals surface area contributed by atoms with Gasteiger partial charge in [-0.1, -0.05) is 64.1 Å². The highest BCUT2D eigenvalue weighted by Crippen LogP contribution is 2.73. The topological polar surface area (TPSA) is 370 Å². The number of benzene rings is 1. The van der Waals surface area contributed by atoms with Gasteiger partial charge in [-0.25, -0.2) is 0 Å². The number of ketones is 1. The number of aliphatic carboxylic acids is 1. The summed E-state index contributed by atoms with van der Waals surface area (Å²) in [5.41, 5.74) is -1.71. The molecule has 13 N–H and O–H groups in total. The molecule has 4 saturated carbocycles. The van der Waals surface area contributed by atoms with Crippen LogP contribution in [0, 0.1) is 34.0 Å². The number of aliphatic hydroxyl groups is 10. The van der Waals surface area contributed by atoms with Crippen LogP contribution in [0.15, 0.2) is 42.5 Å². The lowest BCUT2D eigenvalue weighted by atomic mass is 9.40. The molecule has 1 aromatic rings. The molecule has 23 nitrogen and oxygen atoms in total. The summed E-state index contributed by atoms with van der Waals surface area (Å²) in [5, 5.41) is 122. The number of carbonyl (C=O) groups excluding carboxylic acids is 3. The highest BCUT2D eigenvalue weighted by Gasteiger charge is 2.69. The van der Waals surface area contributed by atoms with Gasteiger partial charge in [0.05, 0.1) is 50.1 Å². The third kappa shape index (κ3) is 10.9. The van der Waals surface area contributed by atoms with Gasteiger partial charge in [0.15, 0.2) is 24.7 Å². The van der Waals surface area contributed by atoms with E-state index in [1.54, 1.807) is 37.3 Å². The number of carboxylic acid groups (broad SMARTS) is 1. The Labute approximate surface area is 440 Å². The molecule has 3 heterocycles. The smallest absolute Gasteiger partial charge is 0.305 e. The van der Waals surface area contributed by atoms with Crippen molar-refractivity contribution in [2.75, 3.05) is 26.4 Å². The zero-order valence-electron chi connectivity index (χ0n) is 43.2. The van der Waals surface area contributed by atoms with Gasteiger partial charge in [-0.15, -0.1) is 0 Å². The van der Waals surface area contributed by atoms with Crippen molar-refractivity contribution in [1.29, 1.82) is 0 Å². The van der Waals surface area contributed by atoms with Gasteiger partial charge in [-0.3, -0.25) is 19.2 Å². The largest absolute Gasteiger partial charge is 0.481 e. The van der Waals surface area contributed by atoms with Crippen molar-refractivity contribution in [3.05, 3.63) is 48.0 Å². The highest BCUT2D eigenvalue weighted by atomic mass is 16.8. The third-order valence-corrected chi connectivity index (χ3v) is 18.6. The third-order valence-electron chi connectivity index (χ3n) is 18.6. The number of amides is 2. The molecule has 8 rings (SSSR count). The first-order valence-electron chi connectivity index (χ1n) is 26.5. The fourth-order valence-electron chi connectivity index (χ4n) is 14.5. The molecule has 0 radical (unpaired) electrons. The van der Waals surface area contributed by atoms with Crippen LogP contribution in [0.3, 0.4) is 0 Å². The molecular formula is C53H78N2O21. The van der Waals surface area contributed by atoms with E-state index in [4.69, 9.17) is 28.4 Å². The number of nitrogens with one attached hydrogen (secondary N) is 2. The second-order valence-electron chi connectivity index (χ2n) is 23.1. The summed E-state index contributed by atoms with van der Waals surface area (Å²) < 4.78 is 37.5. The molecule has 1 aromatic carbocycles. The van der Waals surface area contributed by atoms with Crippen LogP contribution < -0.4 is 10.6 Å². The van der Waals surface area contributed by atoms with Crippen LogP contribution in [0.4, 0.5) is 0 Å². The summed E-state index contributed by atoms with van der Waals surface area (Å²) >= 11 is 0.